The lowest BCUT2D eigenvalue weighted by Gasteiger charge is -2.06. The van der Waals surface area contributed by atoms with Crippen molar-refractivity contribution in [3.63, 3.8) is 0 Å². The standard InChI is InChI=1S/C14H16O2/c1-2-12-8-9-13(16-12)10-14(15)11-6-4-3-5-7-11/h3-7,10,12H,2,8-9H2,1H3/b13-10+. The van der Waals surface area contributed by atoms with Gasteiger partial charge in [0.1, 0.15) is 5.76 Å². The summed E-state index contributed by atoms with van der Waals surface area (Å²) in [5.41, 5.74) is 0.721. The molecule has 1 aromatic rings. The molecule has 2 rings (SSSR count). The molecule has 0 bridgehead atoms. The van der Waals surface area contributed by atoms with Gasteiger partial charge in [-0.05, 0) is 12.8 Å². The molecule has 0 spiro atoms. The lowest BCUT2D eigenvalue weighted by atomic mass is 10.1. The summed E-state index contributed by atoms with van der Waals surface area (Å²) in [5.74, 6) is 0.869. The van der Waals surface area contributed by atoms with E-state index >= 15 is 0 Å². The van der Waals surface area contributed by atoms with E-state index in [1.807, 2.05) is 30.3 Å². The van der Waals surface area contributed by atoms with Gasteiger partial charge in [0.15, 0.2) is 5.78 Å². The first kappa shape index (κ1) is 10.9. The highest BCUT2D eigenvalue weighted by molar-refractivity contribution is 6.04. The van der Waals surface area contributed by atoms with Gasteiger partial charge < -0.3 is 4.74 Å². The van der Waals surface area contributed by atoms with Gasteiger partial charge in [-0.2, -0.15) is 0 Å². The van der Waals surface area contributed by atoms with Crippen LogP contribution in [0.1, 0.15) is 36.5 Å². The van der Waals surface area contributed by atoms with Crippen LogP contribution in [0.3, 0.4) is 0 Å². The molecule has 0 radical (unpaired) electrons. The van der Waals surface area contributed by atoms with Gasteiger partial charge in [-0.3, -0.25) is 4.79 Å². The highest BCUT2D eigenvalue weighted by Crippen LogP contribution is 2.25. The Morgan fingerprint density at radius 1 is 1.44 bits per heavy atom. The number of benzene rings is 1. The van der Waals surface area contributed by atoms with Gasteiger partial charge in [-0.1, -0.05) is 37.3 Å². The van der Waals surface area contributed by atoms with E-state index in [0.29, 0.717) is 6.10 Å². The number of carbonyl (C=O) groups is 1. The van der Waals surface area contributed by atoms with Crippen LogP contribution in [0.2, 0.25) is 0 Å². The molecule has 1 aromatic carbocycles. The van der Waals surface area contributed by atoms with Crippen molar-refractivity contribution < 1.29 is 9.53 Å². The second-order valence-corrected chi connectivity index (χ2v) is 4.03. The maximum absolute atomic E-state index is 11.8. The molecular formula is C14H16O2. The zero-order valence-corrected chi connectivity index (χ0v) is 9.48. The third-order valence-corrected chi connectivity index (χ3v) is 2.84. The van der Waals surface area contributed by atoms with E-state index in [-0.39, 0.29) is 5.78 Å². The average molecular weight is 216 g/mol. The number of allylic oxidation sites excluding steroid dienone is 2. The molecule has 0 aromatic heterocycles. The van der Waals surface area contributed by atoms with Gasteiger partial charge in [0.25, 0.3) is 0 Å². The van der Waals surface area contributed by atoms with E-state index in [4.69, 9.17) is 4.74 Å². The third kappa shape index (κ3) is 2.51. The van der Waals surface area contributed by atoms with E-state index in [0.717, 1.165) is 30.6 Å². The third-order valence-electron chi connectivity index (χ3n) is 2.84. The van der Waals surface area contributed by atoms with Gasteiger partial charge in [0.2, 0.25) is 0 Å². The highest BCUT2D eigenvalue weighted by atomic mass is 16.5. The minimum atomic E-state index is 0.0346. The molecular weight excluding hydrogens is 200 g/mol. The first-order chi connectivity index (χ1) is 7.79. The quantitative estimate of drug-likeness (QED) is 0.572. The molecule has 0 saturated carbocycles. The van der Waals surface area contributed by atoms with Crippen molar-refractivity contribution in [2.24, 2.45) is 0 Å². The topological polar surface area (TPSA) is 26.3 Å². The van der Waals surface area contributed by atoms with Gasteiger partial charge >= 0.3 is 0 Å². The molecule has 0 amide bonds. The van der Waals surface area contributed by atoms with Gasteiger partial charge in [0.05, 0.1) is 6.10 Å². The molecule has 1 fully saturated rings. The second kappa shape index (κ2) is 4.97. The molecule has 0 N–H and O–H groups in total. The van der Waals surface area contributed by atoms with Crippen LogP contribution in [0.4, 0.5) is 0 Å². The van der Waals surface area contributed by atoms with Crippen molar-refractivity contribution in [1.29, 1.82) is 0 Å². The SMILES string of the molecule is CCC1CC/C(=C\C(=O)c2ccccc2)O1. The molecule has 16 heavy (non-hydrogen) atoms. The molecule has 2 nitrogen and oxygen atoms in total. The zero-order chi connectivity index (χ0) is 11.4. The molecule has 2 heteroatoms. The van der Waals surface area contributed by atoms with Gasteiger partial charge in [-0.15, -0.1) is 0 Å². The maximum atomic E-state index is 11.8. The minimum absolute atomic E-state index is 0.0346. The molecule has 1 unspecified atom stereocenters. The van der Waals surface area contributed by atoms with Crippen LogP contribution in [0.25, 0.3) is 0 Å². The predicted molar refractivity (Wildman–Crippen MR) is 63.3 cm³/mol. The van der Waals surface area contributed by atoms with Crippen molar-refractivity contribution in [1.82, 2.24) is 0 Å². The van der Waals surface area contributed by atoms with E-state index in [1.54, 1.807) is 6.08 Å². The van der Waals surface area contributed by atoms with Crippen LogP contribution in [0, 0.1) is 0 Å². The second-order valence-electron chi connectivity index (χ2n) is 4.03. The summed E-state index contributed by atoms with van der Waals surface area (Å²) in [7, 11) is 0. The fourth-order valence-electron chi connectivity index (χ4n) is 1.86. The lowest BCUT2D eigenvalue weighted by molar-refractivity contribution is 0.103. The van der Waals surface area contributed by atoms with E-state index in [1.165, 1.54) is 0 Å². The van der Waals surface area contributed by atoms with Crippen LogP contribution >= 0.6 is 0 Å². The molecule has 0 aliphatic carbocycles. The molecule has 1 aliphatic rings. The van der Waals surface area contributed by atoms with E-state index < -0.39 is 0 Å². The van der Waals surface area contributed by atoms with Gasteiger partial charge in [-0.25, -0.2) is 0 Å². The Kier molecular flexibility index (Phi) is 3.40. The van der Waals surface area contributed by atoms with E-state index in [2.05, 4.69) is 6.92 Å². The van der Waals surface area contributed by atoms with Crippen molar-refractivity contribution in [2.45, 2.75) is 32.3 Å². The monoisotopic (exact) mass is 216 g/mol. The fourth-order valence-corrected chi connectivity index (χ4v) is 1.86. The van der Waals surface area contributed by atoms with Crippen LogP contribution in [-0.2, 0) is 4.74 Å². The van der Waals surface area contributed by atoms with E-state index in [9.17, 15) is 4.79 Å². The van der Waals surface area contributed by atoms with Crippen LogP contribution in [-0.4, -0.2) is 11.9 Å². The summed E-state index contributed by atoms with van der Waals surface area (Å²) in [6.07, 6.45) is 4.86. The number of hydrogen-bond donors (Lipinski definition) is 0. The summed E-state index contributed by atoms with van der Waals surface area (Å²) >= 11 is 0. The summed E-state index contributed by atoms with van der Waals surface area (Å²) in [5, 5.41) is 0. The van der Waals surface area contributed by atoms with Crippen molar-refractivity contribution in [3.8, 4) is 0 Å². The Morgan fingerprint density at radius 3 is 2.81 bits per heavy atom. The Hall–Kier alpha value is -1.57. The van der Waals surface area contributed by atoms with Gasteiger partial charge in [0, 0.05) is 18.1 Å². The number of rotatable bonds is 3. The van der Waals surface area contributed by atoms with Crippen LogP contribution < -0.4 is 0 Å². The summed E-state index contributed by atoms with van der Waals surface area (Å²) in [4.78, 5) is 11.8. The Labute approximate surface area is 95.9 Å². The van der Waals surface area contributed by atoms with Crippen molar-refractivity contribution >= 4 is 5.78 Å². The Bertz CT molecular complexity index is 392. The molecule has 1 saturated heterocycles. The van der Waals surface area contributed by atoms with Crippen LogP contribution in [0.5, 0.6) is 0 Å². The molecule has 84 valence electrons. The number of hydrogen-bond acceptors (Lipinski definition) is 2. The first-order valence-corrected chi connectivity index (χ1v) is 5.76. The van der Waals surface area contributed by atoms with Crippen molar-refractivity contribution in [3.05, 3.63) is 47.7 Å². The highest BCUT2D eigenvalue weighted by Gasteiger charge is 2.19. The normalized spacial score (nSPS) is 22.1. The predicted octanol–water partition coefficient (Wildman–Crippen LogP) is 3.34. The molecule has 1 heterocycles. The summed E-state index contributed by atoms with van der Waals surface area (Å²) < 4.78 is 5.64. The Morgan fingerprint density at radius 2 is 2.19 bits per heavy atom. The molecule has 1 atom stereocenters. The lowest BCUT2D eigenvalue weighted by Crippen LogP contribution is -2.01. The van der Waals surface area contributed by atoms with Crippen LogP contribution in [0.15, 0.2) is 42.2 Å². The first-order valence-electron chi connectivity index (χ1n) is 5.76. The number of ketones is 1. The maximum Gasteiger partial charge on any atom is 0.189 e. The van der Waals surface area contributed by atoms with Crippen molar-refractivity contribution in [2.75, 3.05) is 0 Å². The fraction of sp³-hybridized carbons (Fsp3) is 0.357. The smallest absolute Gasteiger partial charge is 0.189 e. The zero-order valence-electron chi connectivity index (χ0n) is 9.48. The number of carbonyl (C=O) groups excluding carboxylic acids is 1. The minimum Gasteiger partial charge on any atom is -0.495 e. The Balaban J connectivity index is 2.05. The summed E-state index contributed by atoms with van der Waals surface area (Å²) in [6, 6.07) is 9.30. The largest absolute Gasteiger partial charge is 0.495 e. The number of ether oxygens (including phenoxy) is 1. The summed E-state index contributed by atoms with van der Waals surface area (Å²) in [6.45, 7) is 2.10. The average Bonchev–Trinajstić information content (AvgIpc) is 2.78. The molecule has 1 aliphatic heterocycles.